The van der Waals surface area contributed by atoms with E-state index in [1.54, 1.807) is 18.6 Å². The fourth-order valence-electron chi connectivity index (χ4n) is 2.80. The highest BCUT2D eigenvalue weighted by molar-refractivity contribution is 5.83. The summed E-state index contributed by atoms with van der Waals surface area (Å²) in [4.78, 5) is 12.4. The van der Waals surface area contributed by atoms with Crippen molar-refractivity contribution in [3.8, 4) is 0 Å². The lowest BCUT2D eigenvalue weighted by molar-refractivity contribution is -0.127. The van der Waals surface area contributed by atoms with E-state index in [2.05, 4.69) is 11.9 Å². The largest absolute Gasteiger partial charge is 0.468 e. The fourth-order valence-corrected chi connectivity index (χ4v) is 2.80. The van der Waals surface area contributed by atoms with Crippen molar-refractivity contribution in [2.75, 3.05) is 0 Å². The lowest BCUT2D eigenvalue weighted by atomic mass is 9.82. The second-order valence-corrected chi connectivity index (χ2v) is 5.03. The molecule has 3 rings (SSSR count). The van der Waals surface area contributed by atoms with Crippen LogP contribution in [0.5, 0.6) is 0 Å². The molecule has 3 heterocycles. The number of carbonyl (C=O) groups excluding carboxylic acids is 1. The summed E-state index contributed by atoms with van der Waals surface area (Å²) in [6.45, 7) is 3.74. The van der Waals surface area contributed by atoms with Crippen molar-refractivity contribution in [3.05, 3.63) is 61.0 Å². The van der Waals surface area contributed by atoms with Gasteiger partial charge in [-0.3, -0.25) is 10.1 Å². The topological polar surface area (TPSA) is 55.4 Å². The lowest BCUT2D eigenvalue weighted by Crippen LogP contribution is -2.42. The van der Waals surface area contributed by atoms with Gasteiger partial charge in [0.25, 0.3) is 0 Å². The smallest absolute Gasteiger partial charge is 0.140 e. The number of hydrogen-bond donors (Lipinski definition) is 1. The highest BCUT2D eigenvalue weighted by Crippen LogP contribution is 2.36. The van der Waals surface area contributed by atoms with Gasteiger partial charge in [0, 0.05) is 12.3 Å². The van der Waals surface area contributed by atoms with Crippen LogP contribution in [-0.4, -0.2) is 5.78 Å². The summed E-state index contributed by atoms with van der Waals surface area (Å²) < 4.78 is 10.9. The Morgan fingerprint density at radius 1 is 1.25 bits per heavy atom. The molecule has 0 aliphatic carbocycles. The van der Waals surface area contributed by atoms with Crippen molar-refractivity contribution in [3.63, 3.8) is 0 Å². The maximum Gasteiger partial charge on any atom is 0.140 e. The molecule has 4 heteroatoms. The summed E-state index contributed by atoms with van der Waals surface area (Å²) >= 11 is 0. The first-order chi connectivity index (χ1) is 9.79. The number of carbonyl (C=O) groups is 1. The minimum atomic E-state index is -0.139. The average Bonchev–Trinajstić information content (AvgIpc) is 3.14. The van der Waals surface area contributed by atoms with Crippen LogP contribution in [-0.2, 0) is 4.79 Å². The summed E-state index contributed by atoms with van der Waals surface area (Å²) in [6, 6.07) is 7.21. The molecule has 4 nitrogen and oxygen atoms in total. The Balaban J connectivity index is 1.89. The summed E-state index contributed by atoms with van der Waals surface area (Å²) in [7, 11) is 0. The lowest BCUT2D eigenvalue weighted by Gasteiger charge is -2.34. The Morgan fingerprint density at radius 3 is 2.55 bits per heavy atom. The van der Waals surface area contributed by atoms with E-state index in [4.69, 9.17) is 8.83 Å². The minimum Gasteiger partial charge on any atom is -0.468 e. The van der Waals surface area contributed by atoms with Crippen molar-refractivity contribution < 1.29 is 13.6 Å². The normalized spacial score (nSPS) is 26.6. The number of furan rings is 2. The van der Waals surface area contributed by atoms with Crippen LogP contribution in [0.25, 0.3) is 0 Å². The highest BCUT2D eigenvalue weighted by atomic mass is 16.3. The Labute approximate surface area is 117 Å². The quantitative estimate of drug-likeness (QED) is 0.866. The van der Waals surface area contributed by atoms with Crippen LogP contribution in [0.4, 0.5) is 0 Å². The molecule has 2 aromatic heterocycles. The van der Waals surface area contributed by atoms with Gasteiger partial charge in [0.1, 0.15) is 17.3 Å². The SMILES string of the molecule is C=CC[C@H]1C(=O)C[C@H](c2ccco2)N[C@@H]1c1ccco1. The number of ketones is 1. The van der Waals surface area contributed by atoms with Gasteiger partial charge in [-0.1, -0.05) is 6.08 Å². The molecular weight excluding hydrogens is 254 g/mol. The maximum absolute atomic E-state index is 12.4. The molecule has 0 unspecified atom stereocenters. The van der Waals surface area contributed by atoms with E-state index in [-0.39, 0.29) is 23.8 Å². The number of Topliss-reactive ketones (excluding diaryl/α,β-unsaturated/α-hetero) is 1. The molecule has 3 atom stereocenters. The standard InChI is InChI=1S/C16H17NO3/c1-2-5-11-13(18)10-12(14-6-3-8-19-14)17-16(11)15-7-4-9-20-15/h2-4,6-9,11-12,16-17H,1,5,10H2/t11-,12+,16-/m0/s1. The molecule has 0 spiro atoms. The Bertz CT molecular complexity index is 571. The third-order valence-electron chi connectivity index (χ3n) is 3.76. The molecule has 1 N–H and O–H groups in total. The van der Waals surface area contributed by atoms with Crippen LogP contribution in [0.2, 0.25) is 0 Å². The number of rotatable bonds is 4. The summed E-state index contributed by atoms with van der Waals surface area (Å²) in [5, 5.41) is 3.47. The van der Waals surface area contributed by atoms with Gasteiger partial charge >= 0.3 is 0 Å². The molecule has 0 radical (unpaired) electrons. The second-order valence-electron chi connectivity index (χ2n) is 5.03. The molecule has 1 saturated heterocycles. The predicted octanol–water partition coefficient (Wildman–Crippen LogP) is 3.41. The molecule has 1 aliphatic heterocycles. The monoisotopic (exact) mass is 271 g/mol. The van der Waals surface area contributed by atoms with Gasteiger partial charge in [0.15, 0.2) is 0 Å². The number of piperidine rings is 1. The van der Waals surface area contributed by atoms with Crippen LogP contribution < -0.4 is 5.32 Å². The molecule has 2 aromatic rings. The maximum atomic E-state index is 12.4. The molecule has 0 bridgehead atoms. The first kappa shape index (κ1) is 12.9. The summed E-state index contributed by atoms with van der Waals surface area (Å²) in [6.07, 6.45) is 6.11. The van der Waals surface area contributed by atoms with Crippen LogP contribution in [0, 0.1) is 5.92 Å². The summed E-state index contributed by atoms with van der Waals surface area (Å²) in [5.74, 6) is 1.64. The first-order valence-electron chi connectivity index (χ1n) is 6.76. The van der Waals surface area contributed by atoms with E-state index in [0.29, 0.717) is 12.8 Å². The zero-order valence-corrected chi connectivity index (χ0v) is 11.1. The predicted molar refractivity (Wildman–Crippen MR) is 74.0 cm³/mol. The fraction of sp³-hybridized carbons (Fsp3) is 0.312. The van der Waals surface area contributed by atoms with Crippen molar-refractivity contribution in [1.82, 2.24) is 5.32 Å². The zero-order chi connectivity index (χ0) is 13.9. The summed E-state index contributed by atoms with van der Waals surface area (Å²) in [5.41, 5.74) is 0. The van der Waals surface area contributed by atoms with Crippen molar-refractivity contribution in [2.24, 2.45) is 5.92 Å². The Morgan fingerprint density at radius 2 is 1.95 bits per heavy atom. The van der Waals surface area contributed by atoms with E-state index < -0.39 is 0 Å². The van der Waals surface area contributed by atoms with E-state index >= 15 is 0 Å². The van der Waals surface area contributed by atoms with Gasteiger partial charge in [0.2, 0.25) is 0 Å². The molecule has 0 amide bonds. The molecular formula is C16H17NO3. The molecule has 0 aromatic carbocycles. The Kier molecular flexibility index (Phi) is 3.56. The minimum absolute atomic E-state index is 0.103. The van der Waals surface area contributed by atoms with Gasteiger partial charge in [-0.2, -0.15) is 0 Å². The van der Waals surface area contributed by atoms with E-state index in [0.717, 1.165) is 11.5 Å². The molecule has 20 heavy (non-hydrogen) atoms. The number of allylic oxidation sites excluding steroid dienone is 1. The van der Waals surface area contributed by atoms with Gasteiger partial charge in [-0.25, -0.2) is 0 Å². The molecule has 104 valence electrons. The van der Waals surface area contributed by atoms with Crippen molar-refractivity contribution in [1.29, 1.82) is 0 Å². The van der Waals surface area contributed by atoms with Gasteiger partial charge in [-0.15, -0.1) is 6.58 Å². The molecule has 0 saturated carbocycles. The second kappa shape index (κ2) is 5.51. The first-order valence-corrected chi connectivity index (χ1v) is 6.76. The van der Waals surface area contributed by atoms with Crippen LogP contribution in [0.3, 0.4) is 0 Å². The zero-order valence-electron chi connectivity index (χ0n) is 11.1. The third-order valence-corrected chi connectivity index (χ3v) is 3.76. The third kappa shape index (κ3) is 2.34. The van der Waals surface area contributed by atoms with E-state index in [1.807, 2.05) is 24.3 Å². The molecule has 1 aliphatic rings. The number of hydrogen-bond acceptors (Lipinski definition) is 4. The van der Waals surface area contributed by atoms with Crippen molar-refractivity contribution in [2.45, 2.75) is 24.9 Å². The van der Waals surface area contributed by atoms with E-state index in [1.165, 1.54) is 0 Å². The Hall–Kier alpha value is -2.07. The average molecular weight is 271 g/mol. The van der Waals surface area contributed by atoms with Crippen LogP contribution >= 0.6 is 0 Å². The van der Waals surface area contributed by atoms with Crippen molar-refractivity contribution >= 4 is 5.78 Å². The van der Waals surface area contributed by atoms with Gasteiger partial charge in [-0.05, 0) is 30.7 Å². The van der Waals surface area contributed by atoms with E-state index in [9.17, 15) is 4.79 Å². The van der Waals surface area contributed by atoms with Crippen LogP contribution in [0.1, 0.15) is 36.4 Å². The van der Waals surface area contributed by atoms with Crippen LogP contribution in [0.15, 0.2) is 58.3 Å². The number of nitrogens with one attached hydrogen (secondary N) is 1. The molecule has 1 fully saturated rings. The van der Waals surface area contributed by atoms with Gasteiger partial charge < -0.3 is 8.83 Å². The van der Waals surface area contributed by atoms with Gasteiger partial charge in [0.05, 0.1) is 24.6 Å². The highest BCUT2D eigenvalue weighted by Gasteiger charge is 2.39.